The van der Waals surface area contributed by atoms with Crippen LogP contribution in [0.5, 0.6) is 0 Å². The first-order valence-corrected chi connectivity index (χ1v) is 4.74. The molecule has 0 bridgehead atoms. The van der Waals surface area contributed by atoms with Crippen molar-refractivity contribution >= 4 is 5.95 Å². The molecule has 0 aliphatic heterocycles. The summed E-state index contributed by atoms with van der Waals surface area (Å²) in [6.45, 7) is 4.16. The first-order valence-electron chi connectivity index (χ1n) is 4.74. The fourth-order valence-electron chi connectivity index (χ4n) is 1.62. The molecule has 0 fully saturated rings. The van der Waals surface area contributed by atoms with Crippen LogP contribution in [0.1, 0.15) is 38.3 Å². The standard InChI is InChI=1S/C9H15N3O2/c1-4-5-7(2)8-6-10-9(11(8)3)12(13)14/h6-7H,4-5H2,1-3H3/t7-/m1/s1. The molecule has 0 unspecified atom stereocenters. The summed E-state index contributed by atoms with van der Waals surface area (Å²) in [6, 6.07) is 0. The van der Waals surface area contributed by atoms with Crippen molar-refractivity contribution in [3.63, 3.8) is 0 Å². The molecule has 1 rings (SSSR count). The van der Waals surface area contributed by atoms with E-state index in [9.17, 15) is 10.1 Å². The fourth-order valence-corrected chi connectivity index (χ4v) is 1.62. The van der Waals surface area contributed by atoms with Gasteiger partial charge in [0, 0.05) is 5.92 Å². The molecular weight excluding hydrogens is 182 g/mol. The maximum absolute atomic E-state index is 10.5. The summed E-state index contributed by atoms with van der Waals surface area (Å²) in [5, 5.41) is 10.5. The van der Waals surface area contributed by atoms with Gasteiger partial charge in [0.15, 0.2) is 0 Å². The molecule has 1 atom stereocenters. The van der Waals surface area contributed by atoms with E-state index in [2.05, 4.69) is 18.8 Å². The number of rotatable bonds is 4. The summed E-state index contributed by atoms with van der Waals surface area (Å²) in [6.07, 6.45) is 3.69. The molecule has 1 aromatic rings. The largest absolute Gasteiger partial charge is 0.434 e. The number of nitro groups is 1. The number of hydrogen-bond acceptors (Lipinski definition) is 3. The number of imidazole rings is 1. The van der Waals surface area contributed by atoms with Gasteiger partial charge in [0.1, 0.15) is 11.9 Å². The molecule has 0 aromatic carbocycles. The summed E-state index contributed by atoms with van der Waals surface area (Å²) < 4.78 is 1.56. The van der Waals surface area contributed by atoms with Crippen molar-refractivity contribution in [3.8, 4) is 0 Å². The molecule has 0 saturated carbocycles. The summed E-state index contributed by atoms with van der Waals surface area (Å²) in [5.74, 6) is 0.245. The Morgan fingerprint density at radius 2 is 2.36 bits per heavy atom. The molecule has 78 valence electrons. The molecular formula is C9H15N3O2. The van der Waals surface area contributed by atoms with Crippen molar-refractivity contribution in [3.05, 3.63) is 22.0 Å². The Hall–Kier alpha value is -1.39. The molecule has 0 spiro atoms. The number of nitrogens with zero attached hydrogens (tertiary/aromatic N) is 3. The highest BCUT2D eigenvalue weighted by Crippen LogP contribution is 2.22. The van der Waals surface area contributed by atoms with Crippen LogP contribution in [0.4, 0.5) is 5.95 Å². The lowest BCUT2D eigenvalue weighted by Gasteiger charge is -2.07. The molecule has 5 nitrogen and oxygen atoms in total. The van der Waals surface area contributed by atoms with Crippen LogP contribution >= 0.6 is 0 Å². The van der Waals surface area contributed by atoms with Crippen LogP contribution in [0, 0.1) is 10.1 Å². The molecule has 0 amide bonds. The van der Waals surface area contributed by atoms with Gasteiger partial charge in [0.05, 0.1) is 7.05 Å². The quantitative estimate of drug-likeness (QED) is 0.549. The van der Waals surface area contributed by atoms with Crippen LogP contribution in [-0.2, 0) is 7.05 Å². The van der Waals surface area contributed by atoms with E-state index >= 15 is 0 Å². The first-order chi connectivity index (χ1) is 6.57. The van der Waals surface area contributed by atoms with Crippen LogP contribution in [0.2, 0.25) is 0 Å². The zero-order valence-electron chi connectivity index (χ0n) is 8.73. The second kappa shape index (κ2) is 4.21. The zero-order chi connectivity index (χ0) is 10.7. The van der Waals surface area contributed by atoms with E-state index in [0.717, 1.165) is 18.5 Å². The van der Waals surface area contributed by atoms with Crippen molar-refractivity contribution in [1.29, 1.82) is 0 Å². The van der Waals surface area contributed by atoms with Crippen LogP contribution in [0.25, 0.3) is 0 Å². The third-order valence-electron chi connectivity index (χ3n) is 2.39. The minimum atomic E-state index is -0.456. The van der Waals surface area contributed by atoms with E-state index in [1.165, 1.54) is 0 Å². The van der Waals surface area contributed by atoms with E-state index in [1.807, 2.05) is 0 Å². The molecule has 0 aliphatic rings. The van der Waals surface area contributed by atoms with Gasteiger partial charge in [-0.1, -0.05) is 25.3 Å². The Bertz CT molecular complexity index is 333. The van der Waals surface area contributed by atoms with Crippen LogP contribution in [0.3, 0.4) is 0 Å². The molecule has 14 heavy (non-hydrogen) atoms. The van der Waals surface area contributed by atoms with Gasteiger partial charge in [-0.2, -0.15) is 0 Å². The molecule has 0 N–H and O–H groups in total. The van der Waals surface area contributed by atoms with E-state index in [0.29, 0.717) is 5.92 Å². The Kier molecular flexibility index (Phi) is 3.22. The van der Waals surface area contributed by atoms with Crippen molar-refractivity contribution in [2.75, 3.05) is 0 Å². The highest BCUT2D eigenvalue weighted by Gasteiger charge is 2.20. The SMILES string of the molecule is CCC[C@@H](C)c1cnc([N+](=O)[O-])n1C. The monoisotopic (exact) mass is 197 g/mol. The lowest BCUT2D eigenvalue weighted by molar-refractivity contribution is -0.396. The zero-order valence-corrected chi connectivity index (χ0v) is 8.73. The highest BCUT2D eigenvalue weighted by atomic mass is 16.6. The van der Waals surface area contributed by atoms with Crippen LogP contribution < -0.4 is 0 Å². The van der Waals surface area contributed by atoms with E-state index < -0.39 is 4.92 Å². The van der Waals surface area contributed by atoms with Crippen molar-refractivity contribution in [2.45, 2.75) is 32.6 Å². The Morgan fingerprint density at radius 1 is 1.71 bits per heavy atom. The van der Waals surface area contributed by atoms with Crippen molar-refractivity contribution < 1.29 is 4.92 Å². The topological polar surface area (TPSA) is 61.0 Å². The molecule has 5 heteroatoms. The van der Waals surface area contributed by atoms with Crippen LogP contribution in [-0.4, -0.2) is 14.5 Å². The van der Waals surface area contributed by atoms with Gasteiger partial charge in [0.2, 0.25) is 0 Å². The Morgan fingerprint density at radius 3 is 2.79 bits per heavy atom. The third kappa shape index (κ3) is 1.92. The van der Waals surface area contributed by atoms with Crippen molar-refractivity contribution in [1.82, 2.24) is 9.55 Å². The minimum absolute atomic E-state index is 0.0806. The van der Waals surface area contributed by atoms with Gasteiger partial charge in [-0.05, 0) is 11.3 Å². The lowest BCUT2D eigenvalue weighted by atomic mass is 10.0. The average molecular weight is 197 g/mol. The second-order valence-electron chi connectivity index (χ2n) is 3.49. The minimum Gasteiger partial charge on any atom is -0.390 e. The van der Waals surface area contributed by atoms with Gasteiger partial charge in [-0.15, -0.1) is 0 Å². The molecule has 1 aromatic heterocycles. The maximum atomic E-state index is 10.5. The first kappa shape index (κ1) is 10.7. The van der Waals surface area contributed by atoms with Crippen molar-refractivity contribution in [2.24, 2.45) is 7.05 Å². The van der Waals surface area contributed by atoms with E-state index in [4.69, 9.17) is 0 Å². The van der Waals surface area contributed by atoms with Gasteiger partial charge in [-0.25, -0.2) is 4.57 Å². The van der Waals surface area contributed by atoms with E-state index in [-0.39, 0.29) is 5.95 Å². The highest BCUT2D eigenvalue weighted by molar-refractivity contribution is 5.17. The van der Waals surface area contributed by atoms with Gasteiger partial charge >= 0.3 is 5.95 Å². The van der Waals surface area contributed by atoms with Gasteiger partial charge in [-0.3, -0.25) is 0 Å². The average Bonchev–Trinajstić information content (AvgIpc) is 2.47. The fraction of sp³-hybridized carbons (Fsp3) is 0.667. The van der Waals surface area contributed by atoms with Gasteiger partial charge in [0.25, 0.3) is 0 Å². The summed E-state index contributed by atoms with van der Waals surface area (Å²) in [7, 11) is 1.69. The summed E-state index contributed by atoms with van der Waals surface area (Å²) >= 11 is 0. The Labute approximate surface area is 82.9 Å². The summed E-state index contributed by atoms with van der Waals surface area (Å²) in [4.78, 5) is 13.9. The normalized spacial score (nSPS) is 12.8. The number of hydrogen-bond donors (Lipinski definition) is 0. The maximum Gasteiger partial charge on any atom is 0.434 e. The van der Waals surface area contributed by atoms with Crippen LogP contribution in [0.15, 0.2) is 6.20 Å². The molecule has 0 saturated heterocycles. The predicted octanol–water partition coefficient (Wildman–Crippen LogP) is 2.23. The lowest BCUT2D eigenvalue weighted by Crippen LogP contribution is -2.04. The number of aromatic nitrogens is 2. The predicted molar refractivity (Wildman–Crippen MR) is 53.2 cm³/mol. The summed E-state index contributed by atoms with van der Waals surface area (Å²) in [5.41, 5.74) is 0.929. The third-order valence-corrected chi connectivity index (χ3v) is 2.39. The van der Waals surface area contributed by atoms with E-state index in [1.54, 1.807) is 17.8 Å². The second-order valence-corrected chi connectivity index (χ2v) is 3.49. The molecule has 0 radical (unpaired) electrons. The smallest absolute Gasteiger partial charge is 0.390 e. The Balaban J connectivity index is 2.94. The molecule has 1 heterocycles. The van der Waals surface area contributed by atoms with Gasteiger partial charge < -0.3 is 10.1 Å². The molecule has 0 aliphatic carbocycles.